The number of nitrogens with zero attached hydrogens (tertiary/aromatic N) is 2. The standard InChI is InChI=1S/C10H13N3O3/c1-13(6-7-14)10(16)9(15)12-8-4-2-3-5-11-8/h2-5,14H,6-7H2,1H3,(H,11,12,15). The van der Waals surface area contributed by atoms with Crippen LogP contribution in [0.3, 0.4) is 0 Å². The van der Waals surface area contributed by atoms with Crippen molar-refractivity contribution >= 4 is 17.6 Å². The van der Waals surface area contributed by atoms with Crippen molar-refractivity contribution in [2.24, 2.45) is 0 Å². The Morgan fingerprint density at radius 2 is 2.25 bits per heavy atom. The van der Waals surface area contributed by atoms with Crippen LogP contribution in [0.2, 0.25) is 0 Å². The minimum absolute atomic E-state index is 0.120. The summed E-state index contributed by atoms with van der Waals surface area (Å²) in [5, 5.41) is 11.0. The zero-order valence-electron chi connectivity index (χ0n) is 8.88. The Hall–Kier alpha value is -1.95. The summed E-state index contributed by atoms with van der Waals surface area (Å²) < 4.78 is 0. The van der Waals surface area contributed by atoms with E-state index in [1.54, 1.807) is 18.2 Å². The summed E-state index contributed by atoms with van der Waals surface area (Å²) in [6, 6.07) is 4.98. The molecule has 6 nitrogen and oxygen atoms in total. The minimum atomic E-state index is -0.769. The maximum absolute atomic E-state index is 11.4. The van der Waals surface area contributed by atoms with Crippen LogP contribution in [-0.2, 0) is 9.59 Å². The van der Waals surface area contributed by atoms with E-state index in [2.05, 4.69) is 10.3 Å². The van der Waals surface area contributed by atoms with Gasteiger partial charge in [0.25, 0.3) is 0 Å². The fraction of sp³-hybridized carbons (Fsp3) is 0.300. The third-order valence-corrected chi connectivity index (χ3v) is 1.88. The first-order valence-corrected chi connectivity index (χ1v) is 4.73. The van der Waals surface area contributed by atoms with Gasteiger partial charge < -0.3 is 15.3 Å². The molecule has 0 aliphatic rings. The van der Waals surface area contributed by atoms with E-state index < -0.39 is 11.8 Å². The summed E-state index contributed by atoms with van der Waals surface area (Å²) in [5.74, 6) is -1.16. The van der Waals surface area contributed by atoms with Crippen LogP contribution >= 0.6 is 0 Å². The lowest BCUT2D eigenvalue weighted by Gasteiger charge is -2.14. The molecule has 0 aliphatic carbocycles. The third-order valence-electron chi connectivity index (χ3n) is 1.88. The average Bonchev–Trinajstić information content (AvgIpc) is 2.29. The molecule has 0 radical (unpaired) electrons. The van der Waals surface area contributed by atoms with E-state index in [1.807, 2.05) is 0 Å². The van der Waals surface area contributed by atoms with Gasteiger partial charge in [0.1, 0.15) is 5.82 Å². The molecular weight excluding hydrogens is 210 g/mol. The second kappa shape index (κ2) is 5.82. The molecule has 16 heavy (non-hydrogen) atoms. The Morgan fingerprint density at radius 1 is 1.50 bits per heavy atom. The van der Waals surface area contributed by atoms with Gasteiger partial charge in [0.15, 0.2) is 0 Å². The number of carbonyl (C=O) groups excluding carboxylic acids is 2. The third kappa shape index (κ3) is 3.32. The van der Waals surface area contributed by atoms with Gasteiger partial charge in [-0.3, -0.25) is 9.59 Å². The maximum Gasteiger partial charge on any atom is 0.315 e. The van der Waals surface area contributed by atoms with E-state index in [0.717, 1.165) is 4.90 Å². The molecule has 86 valence electrons. The van der Waals surface area contributed by atoms with E-state index in [1.165, 1.54) is 13.2 Å². The lowest BCUT2D eigenvalue weighted by atomic mass is 10.4. The number of pyridine rings is 1. The summed E-state index contributed by atoms with van der Waals surface area (Å²) >= 11 is 0. The molecule has 0 saturated carbocycles. The number of aliphatic hydroxyl groups is 1. The molecule has 2 amide bonds. The van der Waals surface area contributed by atoms with Gasteiger partial charge in [-0.05, 0) is 12.1 Å². The first-order chi connectivity index (χ1) is 7.65. The first kappa shape index (κ1) is 12.1. The minimum Gasteiger partial charge on any atom is -0.395 e. The quantitative estimate of drug-likeness (QED) is 0.675. The van der Waals surface area contributed by atoms with E-state index in [0.29, 0.717) is 5.82 Å². The smallest absolute Gasteiger partial charge is 0.315 e. The van der Waals surface area contributed by atoms with Crippen molar-refractivity contribution in [3.63, 3.8) is 0 Å². The Balaban J connectivity index is 2.56. The summed E-state index contributed by atoms with van der Waals surface area (Å²) in [6.07, 6.45) is 1.51. The number of hydrogen-bond donors (Lipinski definition) is 2. The number of nitrogens with one attached hydrogen (secondary N) is 1. The molecular formula is C10H13N3O3. The van der Waals surface area contributed by atoms with E-state index >= 15 is 0 Å². The predicted molar refractivity (Wildman–Crippen MR) is 57.6 cm³/mol. The number of carbonyl (C=O) groups is 2. The van der Waals surface area contributed by atoms with Gasteiger partial charge in [-0.15, -0.1) is 0 Å². The number of hydrogen-bond acceptors (Lipinski definition) is 4. The molecule has 2 N–H and O–H groups in total. The number of likely N-dealkylation sites (N-methyl/N-ethyl adjacent to an activating group) is 1. The summed E-state index contributed by atoms with van der Waals surface area (Å²) in [6.45, 7) is -0.0619. The second-order valence-corrected chi connectivity index (χ2v) is 3.12. The highest BCUT2D eigenvalue weighted by Gasteiger charge is 2.18. The summed E-state index contributed by atoms with van der Waals surface area (Å²) in [4.78, 5) is 27.8. The van der Waals surface area contributed by atoms with Crippen LogP contribution in [-0.4, -0.2) is 47.0 Å². The second-order valence-electron chi connectivity index (χ2n) is 3.12. The van der Waals surface area contributed by atoms with Crippen molar-refractivity contribution in [3.05, 3.63) is 24.4 Å². The number of aliphatic hydroxyl groups excluding tert-OH is 1. The summed E-state index contributed by atoms with van der Waals surface area (Å²) in [5.41, 5.74) is 0. The number of rotatable bonds is 3. The van der Waals surface area contributed by atoms with Crippen LogP contribution in [0.1, 0.15) is 0 Å². The Kier molecular flexibility index (Phi) is 4.41. The molecule has 0 unspecified atom stereocenters. The normalized spacial score (nSPS) is 9.62. The van der Waals surface area contributed by atoms with E-state index in [9.17, 15) is 9.59 Å². The number of amides is 2. The van der Waals surface area contributed by atoms with Crippen molar-refractivity contribution in [2.45, 2.75) is 0 Å². The molecule has 1 heterocycles. The molecule has 1 aromatic heterocycles. The van der Waals surface area contributed by atoms with E-state index in [4.69, 9.17) is 5.11 Å². The molecule has 0 fully saturated rings. The van der Waals surface area contributed by atoms with Crippen LogP contribution in [0.15, 0.2) is 24.4 Å². The highest BCUT2D eigenvalue weighted by atomic mass is 16.3. The van der Waals surface area contributed by atoms with Gasteiger partial charge in [0.2, 0.25) is 0 Å². The van der Waals surface area contributed by atoms with Gasteiger partial charge in [-0.25, -0.2) is 4.98 Å². The zero-order valence-corrected chi connectivity index (χ0v) is 8.88. The fourth-order valence-corrected chi connectivity index (χ4v) is 1.03. The highest BCUT2D eigenvalue weighted by molar-refractivity contribution is 6.39. The molecule has 0 atom stereocenters. The van der Waals surface area contributed by atoms with Gasteiger partial charge in [-0.2, -0.15) is 0 Å². The van der Waals surface area contributed by atoms with Crippen molar-refractivity contribution in [3.8, 4) is 0 Å². The van der Waals surface area contributed by atoms with Crippen molar-refractivity contribution in [2.75, 3.05) is 25.5 Å². The first-order valence-electron chi connectivity index (χ1n) is 4.73. The van der Waals surface area contributed by atoms with Gasteiger partial charge in [-0.1, -0.05) is 6.07 Å². The van der Waals surface area contributed by atoms with Gasteiger partial charge in [0.05, 0.1) is 6.61 Å². The largest absolute Gasteiger partial charge is 0.395 e. The fourth-order valence-electron chi connectivity index (χ4n) is 1.03. The SMILES string of the molecule is CN(CCO)C(=O)C(=O)Nc1ccccn1. The van der Waals surface area contributed by atoms with Crippen molar-refractivity contribution in [1.82, 2.24) is 9.88 Å². The van der Waals surface area contributed by atoms with Crippen LogP contribution in [0.5, 0.6) is 0 Å². The highest BCUT2D eigenvalue weighted by Crippen LogP contribution is 2.00. The number of aromatic nitrogens is 1. The molecule has 0 saturated heterocycles. The average molecular weight is 223 g/mol. The van der Waals surface area contributed by atoms with Crippen LogP contribution in [0.25, 0.3) is 0 Å². The van der Waals surface area contributed by atoms with Crippen LogP contribution in [0, 0.1) is 0 Å². The zero-order chi connectivity index (χ0) is 12.0. The molecule has 1 rings (SSSR count). The van der Waals surface area contributed by atoms with Crippen LogP contribution in [0.4, 0.5) is 5.82 Å². The summed E-state index contributed by atoms with van der Waals surface area (Å²) in [7, 11) is 1.44. The Morgan fingerprint density at radius 3 is 2.81 bits per heavy atom. The lowest BCUT2D eigenvalue weighted by molar-refractivity contribution is -0.142. The molecule has 0 bridgehead atoms. The molecule has 6 heteroatoms. The monoisotopic (exact) mass is 223 g/mol. The van der Waals surface area contributed by atoms with Gasteiger partial charge in [0, 0.05) is 19.8 Å². The predicted octanol–water partition coefficient (Wildman–Crippen LogP) is -0.529. The molecule has 0 spiro atoms. The van der Waals surface area contributed by atoms with E-state index in [-0.39, 0.29) is 13.2 Å². The lowest BCUT2D eigenvalue weighted by Crippen LogP contribution is -2.38. The maximum atomic E-state index is 11.4. The topological polar surface area (TPSA) is 82.5 Å². The van der Waals surface area contributed by atoms with Crippen molar-refractivity contribution in [1.29, 1.82) is 0 Å². The van der Waals surface area contributed by atoms with Crippen molar-refractivity contribution < 1.29 is 14.7 Å². The van der Waals surface area contributed by atoms with Gasteiger partial charge >= 0.3 is 11.8 Å². The Bertz CT molecular complexity index is 367. The molecule has 1 aromatic rings. The number of anilines is 1. The van der Waals surface area contributed by atoms with Crippen LogP contribution < -0.4 is 5.32 Å². The molecule has 0 aromatic carbocycles. The molecule has 0 aliphatic heterocycles. The Labute approximate surface area is 92.9 Å².